The van der Waals surface area contributed by atoms with Crippen LogP contribution in [0.15, 0.2) is 42.5 Å². The maximum absolute atomic E-state index is 3.87. The van der Waals surface area contributed by atoms with Gasteiger partial charge >= 0.3 is 0 Å². The van der Waals surface area contributed by atoms with Crippen LogP contribution in [0.25, 0.3) is 5.57 Å². The quantitative estimate of drug-likeness (QED) is 0.602. The minimum atomic E-state index is 0.559. The molecule has 1 aromatic carbocycles. The van der Waals surface area contributed by atoms with E-state index in [2.05, 4.69) is 44.7 Å². The SMILES string of the molecule is C=CC1=C(C)C(C)c2ccccc21. The molecule has 0 heteroatoms. The van der Waals surface area contributed by atoms with Crippen molar-refractivity contribution in [1.82, 2.24) is 0 Å². The van der Waals surface area contributed by atoms with Crippen LogP contribution in [-0.4, -0.2) is 0 Å². The summed E-state index contributed by atoms with van der Waals surface area (Å²) in [6.45, 7) is 8.32. The average molecular weight is 170 g/mol. The molecule has 0 saturated heterocycles. The zero-order chi connectivity index (χ0) is 9.42. The van der Waals surface area contributed by atoms with E-state index in [1.165, 1.54) is 22.3 Å². The fraction of sp³-hybridized carbons (Fsp3) is 0.231. The third-order valence-electron chi connectivity index (χ3n) is 3.00. The van der Waals surface area contributed by atoms with Crippen LogP contribution in [0, 0.1) is 0 Å². The van der Waals surface area contributed by atoms with Gasteiger partial charge in [-0.2, -0.15) is 0 Å². The second kappa shape index (κ2) is 2.88. The van der Waals surface area contributed by atoms with E-state index >= 15 is 0 Å². The molecule has 0 aliphatic heterocycles. The molecule has 1 aromatic rings. The summed E-state index contributed by atoms with van der Waals surface area (Å²) in [6.07, 6.45) is 1.97. The molecule has 13 heavy (non-hydrogen) atoms. The molecule has 2 rings (SSSR count). The van der Waals surface area contributed by atoms with Crippen molar-refractivity contribution in [2.75, 3.05) is 0 Å². The number of hydrogen-bond acceptors (Lipinski definition) is 0. The van der Waals surface area contributed by atoms with Crippen molar-refractivity contribution >= 4 is 5.57 Å². The smallest absolute Gasteiger partial charge is 0.00324 e. The van der Waals surface area contributed by atoms with Gasteiger partial charge in [0.1, 0.15) is 0 Å². The molecule has 1 aliphatic rings. The lowest BCUT2D eigenvalue weighted by atomic mass is 9.99. The van der Waals surface area contributed by atoms with Crippen molar-refractivity contribution in [2.45, 2.75) is 19.8 Å². The zero-order valence-electron chi connectivity index (χ0n) is 8.17. The lowest BCUT2D eigenvalue weighted by Crippen LogP contribution is -1.88. The van der Waals surface area contributed by atoms with Crippen molar-refractivity contribution < 1.29 is 0 Å². The molecule has 0 fully saturated rings. The van der Waals surface area contributed by atoms with Gasteiger partial charge in [0.25, 0.3) is 0 Å². The number of benzene rings is 1. The Hall–Kier alpha value is -1.30. The Morgan fingerprint density at radius 1 is 1.31 bits per heavy atom. The van der Waals surface area contributed by atoms with Crippen LogP contribution in [0.2, 0.25) is 0 Å². The molecule has 0 amide bonds. The number of rotatable bonds is 1. The van der Waals surface area contributed by atoms with Gasteiger partial charge in [-0.1, -0.05) is 49.4 Å². The highest BCUT2D eigenvalue weighted by molar-refractivity contribution is 5.83. The monoisotopic (exact) mass is 170 g/mol. The Bertz CT molecular complexity index is 383. The number of fused-ring (bicyclic) bond motifs is 1. The Kier molecular flexibility index (Phi) is 1.84. The summed E-state index contributed by atoms with van der Waals surface area (Å²) in [5, 5.41) is 0. The first-order valence-corrected chi connectivity index (χ1v) is 4.68. The van der Waals surface area contributed by atoms with Gasteiger partial charge in [0.15, 0.2) is 0 Å². The van der Waals surface area contributed by atoms with Crippen LogP contribution >= 0.6 is 0 Å². The van der Waals surface area contributed by atoms with Gasteiger partial charge in [0.2, 0.25) is 0 Å². The van der Waals surface area contributed by atoms with Crippen LogP contribution < -0.4 is 0 Å². The Labute approximate surface area is 79.6 Å². The number of allylic oxidation sites excluding steroid dienone is 3. The molecular weight excluding hydrogens is 156 g/mol. The van der Waals surface area contributed by atoms with Crippen LogP contribution in [0.4, 0.5) is 0 Å². The van der Waals surface area contributed by atoms with Crippen molar-refractivity contribution in [3.8, 4) is 0 Å². The van der Waals surface area contributed by atoms with Crippen molar-refractivity contribution in [3.63, 3.8) is 0 Å². The highest BCUT2D eigenvalue weighted by atomic mass is 14.3. The molecule has 1 unspecified atom stereocenters. The summed E-state index contributed by atoms with van der Waals surface area (Å²) in [7, 11) is 0. The van der Waals surface area contributed by atoms with Gasteiger partial charge in [-0.3, -0.25) is 0 Å². The molecular formula is C13H14. The maximum atomic E-state index is 3.87. The lowest BCUT2D eigenvalue weighted by Gasteiger charge is -2.05. The molecule has 0 bridgehead atoms. The van der Waals surface area contributed by atoms with Gasteiger partial charge < -0.3 is 0 Å². The van der Waals surface area contributed by atoms with Crippen molar-refractivity contribution in [1.29, 1.82) is 0 Å². The first-order valence-electron chi connectivity index (χ1n) is 4.68. The molecule has 0 spiro atoms. The molecule has 0 radical (unpaired) electrons. The molecule has 1 atom stereocenters. The normalized spacial score (nSPS) is 20.3. The second-order valence-electron chi connectivity index (χ2n) is 3.61. The molecule has 0 saturated carbocycles. The standard InChI is InChI=1S/C13H14/c1-4-11-9(2)10(3)12-7-5-6-8-13(11)12/h4-8,10H,1H2,2-3H3. The first-order chi connectivity index (χ1) is 6.25. The van der Waals surface area contributed by atoms with Gasteiger partial charge in [-0.25, -0.2) is 0 Å². The Balaban J connectivity index is 2.66. The van der Waals surface area contributed by atoms with E-state index in [0.717, 1.165) is 0 Å². The van der Waals surface area contributed by atoms with Crippen LogP contribution in [0.3, 0.4) is 0 Å². The molecule has 0 N–H and O–H groups in total. The lowest BCUT2D eigenvalue weighted by molar-refractivity contribution is 0.920. The average Bonchev–Trinajstić information content (AvgIpc) is 2.41. The minimum Gasteiger partial charge on any atom is -0.0984 e. The Morgan fingerprint density at radius 2 is 2.00 bits per heavy atom. The molecule has 1 aliphatic carbocycles. The highest BCUT2D eigenvalue weighted by Gasteiger charge is 2.22. The third kappa shape index (κ3) is 1.06. The van der Waals surface area contributed by atoms with E-state index < -0.39 is 0 Å². The summed E-state index contributed by atoms with van der Waals surface area (Å²) in [6, 6.07) is 8.58. The van der Waals surface area contributed by atoms with E-state index in [1.807, 2.05) is 6.08 Å². The fourth-order valence-electron chi connectivity index (χ4n) is 2.07. The predicted octanol–water partition coefficient (Wildman–Crippen LogP) is 3.76. The molecule has 0 heterocycles. The van der Waals surface area contributed by atoms with Crippen molar-refractivity contribution in [3.05, 3.63) is 53.6 Å². The second-order valence-corrected chi connectivity index (χ2v) is 3.61. The van der Waals surface area contributed by atoms with Crippen LogP contribution in [0.5, 0.6) is 0 Å². The summed E-state index contributed by atoms with van der Waals surface area (Å²) >= 11 is 0. The summed E-state index contributed by atoms with van der Waals surface area (Å²) < 4.78 is 0. The summed E-state index contributed by atoms with van der Waals surface area (Å²) in [5.74, 6) is 0.559. The van der Waals surface area contributed by atoms with Gasteiger partial charge in [0, 0.05) is 5.92 Å². The van der Waals surface area contributed by atoms with Gasteiger partial charge in [-0.05, 0) is 23.6 Å². The van der Waals surface area contributed by atoms with E-state index in [9.17, 15) is 0 Å². The van der Waals surface area contributed by atoms with Crippen molar-refractivity contribution in [2.24, 2.45) is 0 Å². The molecule has 0 nitrogen and oxygen atoms in total. The van der Waals surface area contributed by atoms with Gasteiger partial charge in [-0.15, -0.1) is 0 Å². The predicted molar refractivity (Wildman–Crippen MR) is 57.6 cm³/mol. The summed E-state index contributed by atoms with van der Waals surface area (Å²) in [5.41, 5.74) is 5.57. The highest BCUT2D eigenvalue weighted by Crippen LogP contribution is 2.41. The zero-order valence-corrected chi connectivity index (χ0v) is 8.17. The van der Waals surface area contributed by atoms with Crippen LogP contribution in [-0.2, 0) is 0 Å². The van der Waals surface area contributed by atoms with E-state index in [1.54, 1.807) is 0 Å². The fourth-order valence-corrected chi connectivity index (χ4v) is 2.07. The number of hydrogen-bond donors (Lipinski definition) is 0. The first kappa shape index (κ1) is 8.31. The Morgan fingerprint density at radius 3 is 2.69 bits per heavy atom. The minimum absolute atomic E-state index is 0.559. The van der Waals surface area contributed by atoms with Crippen LogP contribution in [0.1, 0.15) is 30.9 Å². The topological polar surface area (TPSA) is 0 Å². The molecule has 66 valence electrons. The third-order valence-corrected chi connectivity index (χ3v) is 3.00. The summed E-state index contributed by atoms with van der Waals surface area (Å²) in [4.78, 5) is 0. The maximum Gasteiger partial charge on any atom is 0.00324 e. The largest absolute Gasteiger partial charge is 0.0984 e. The van der Waals surface area contributed by atoms with Gasteiger partial charge in [0.05, 0.1) is 0 Å². The van der Waals surface area contributed by atoms with E-state index in [0.29, 0.717) is 5.92 Å². The molecule has 0 aromatic heterocycles. The van der Waals surface area contributed by atoms with E-state index in [4.69, 9.17) is 0 Å². The van der Waals surface area contributed by atoms with E-state index in [-0.39, 0.29) is 0 Å².